The maximum Gasteiger partial charge on any atom is 0.266 e. The maximum atomic E-state index is 13.1. The van der Waals surface area contributed by atoms with Gasteiger partial charge in [-0.2, -0.15) is 5.26 Å². The zero-order valence-corrected chi connectivity index (χ0v) is 20.6. The van der Waals surface area contributed by atoms with E-state index in [-0.39, 0.29) is 18.0 Å². The van der Waals surface area contributed by atoms with Crippen LogP contribution in [0.5, 0.6) is 11.5 Å². The van der Waals surface area contributed by atoms with Gasteiger partial charge in [0.05, 0.1) is 10.7 Å². The minimum Gasteiger partial charge on any atom is -0.493 e. The third kappa shape index (κ3) is 6.11. The molecule has 3 aromatic rings. The molecule has 168 valence electrons. The Kier molecular flexibility index (Phi) is 8.06. The molecule has 3 rings (SSSR count). The summed E-state index contributed by atoms with van der Waals surface area (Å²) in [6.07, 6.45) is 1.51. The summed E-state index contributed by atoms with van der Waals surface area (Å²) in [7, 11) is 1.52. The molecular formula is C26H22FIN2O3. The molecule has 1 N–H and O–H groups in total. The molecule has 3 aromatic carbocycles. The number of benzene rings is 3. The molecule has 0 aliphatic carbocycles. The number of methoxy groups -OCH3 is 1. The fourth-order valence-electron chi connectivity index (χ4n) is 3.09. The van der Waals surface area contributed by atoms with E-state index in [2.05, 4.69) is 27.9 Å². The number of carbonyl (C=O) groups is 1. The monoisotopic (exact) mass is 556 g/mol. The number of hydrogen-bond donors (Lipinski definition) is 1. The summed E-state index contributed by atoms with van der Waals surface area (Å²) in [5, 5.41) is 12.4. The summed E-state index contributed by atoms with van der Waals surface area (Å²) >= 11 is 2.11. The highest BCUT2D eigenvalue weighted by molar-refractivity contribution is 14.1. The van der Waals surface area contributed by atoms with Crippen LogP contribution in [0.3, 0.4) is 0 Å². The van der Waals surface area contributed by atoms with Crippen molar-refractivity contribution in [3.05, 3.63) is 91.8 Å². The van der Waals surface area contributed by atoms with Crippen LogP contribution >= 0.6 is 22.6 Å². The van der Waals surface area contributed by atoms with E-state index < -0.39 is 5.91 Å². The normalized spacial score (nSPS) is 11.0. The molecule has 0 atom stereocenters. The number of rotatable bonds is 7. The Labute approximate surface area is 206 Å². The van der Waals surface area contributed by atoms with Gasteiger partial charge in [0.25, 0.3) is 5.91 Å². The van der Waals surface area contributed by atoms with Crippen molar-refractivity contribution in [3.8, 4) is 17.6 Å². The first-order chi connectivity index (χ1) is 15.8. The average Bonchev–Trinajstić information content (AvgIpc) is 2.80. The Morgan fingerprint density at radius 1 is 1.18 bits per heavy atom. The Morgan fingerprint density at radius 3 is 2.58 bits per heavy atom. The number of nitrogens with zero attached hydrogens (tertiary/aromatic N) is 1. The standard InChI is InChI=1S/C26H22FIN2O3/c1-16-5-4-6-23(17(16)2)30-26(31)20(14-29)11-19-12-22(28)25(24(13-19)32-3)33-15-18-7-9-21(27)10-8-18/h4-13H,15H2,1-3H3,(H,30,31)/b20-11+. The lowest BCUT2D eigenvalue weighted by Gasteiger charge is -2.14. The zero-order chi connectivity index (χ0) is 24.0. The van der Waals surface area contributed by atoms with Crippen molar-refractivity contribution >= 4 is 40.3 Å². The van der Waals surface area contributed by atoms with E-state index in [9.17, 15) is 14.4 Å². The number of nitriles is 1. The smallest absolute Gasteiger partial charge is 0.266 e. The lowest BCUT2D eigenvalue weighted by atomic mass is 10.1. The van der Waals surface area contributed by atoms with Gasteiger partial charge < -0.3 is 14.8 Å². The van der Waals surface area contributed by atoms with E-state index >= 15 is 0 Å². The number of hydrogen-bond acceptors (Lipinski definition) is 4. The van der Waals surface area contributed by atoms with Gasteiger partial charge in [-0.3, -0.25) is 4.79 Å². The highest BCUT2D eigenvalue weighted by atomic mass is 127. The van der Waals surface area contributed by atoms with Gasteiger partial charge in [0.1, 0.15) is 24.1 Å². The first-order valence-corrected chi connectivity index (χ1v) is 11.1. The van der Waals surface area contributed by atoms with Gasteiger partial charge in [0, 0.05) is 5.69 Å². The topological polar surface area (TPSA) is 71.3 Å². The molecule has 0 saturated heterocycles. The molecule has 0 fully saturated rings. The second-order valence-corrected chi connectivity index (χ2v) is 8.48. The molecular weight excluding hydrogens is 534 g/mol. The van der Waals surface area contributed by atoms with E-state index in [0.717, 1.165) is 20.3 Å². The first-order valence-electron chi connectivity index (χ1n) is 10.1. The molecule has 0 aliphatic heterocycles. The maximum absolute atomic E-state index is 13.1. The minimum atomic E-state index is -0.489. The van der Waals surface area contributed by atoms with Gasteiger partial charge in [0.15, 0.2) is 11.5 Å². The Hall–Kier alpha value is -3.38. The molecule has 0 unspecified atom stereocenters. The molecule has 0 heterocycles. The lowest BCUT2D eigenvalue weighted by molar-refractivity contribution is -0.112. The quantitative estimate of drug-likeness (QED) is 0.214. The number of amides is 1. The van der Waals surface area contributed by atoms with E-state index in [1.54, 1.807) is 30.3 Å². The van der Waals surface area contributed by atoms with E-state index in [4.69, 9.17) is 9.47 Å². The van der Waals surface area contributed by atoms with Crippen LogP contribution in [0, 0.1) is 34.6 Å². The number of carbonyl (C=O) groups excluding carboxylic acids is 1. The number of ether oxygens (including phenoxy) is 2. The van der Waals surface area contributed by atoms with Crippen LogP contribution in [0.2, 0.25) is 0 Å². The van der Waals surface area contributed by atoms with Crippen molar-refractivity contribution in [3.63, 3.8) is 0 Å². The van der Waals surface area contributed by atoms with Crippen LogP contribution < -0.4 is 14.8 Å². The molecule has 0 spiro atoms. The fourth-order valence-corrected chi connectivity index (χ4v) is 3.87. The molecule has 7 heteroatoms. The van der Waals surface area contributed by atoms with E-state index in [1.807, 2.05) is 32.0 Å². The molecule has 5 nitrogen and oxygen atoms in total. The van der Waals surface area contributed by atoms with Crippen molar-refractivity contribution in [2.45, 2.75) is 20.5 Å². The van der Waals surface area contributed by atoms with Crippen LogP contribution in [-0.2, 0) is 11.4 Å². The summed E-state index contributed by atoms with van der Waals surface area (Å²) in [6, 6.07) is 17.1. The highest BCUT2D eigenvalue weighted by Gasteiger charge is 2.15. The summed E-state index contributed by atoms with van der Waals surface area (Å²) in [6.45, 7) is 4.11. The predicted octanol–water partition coefficient (Wildman–Crippen LogP) is 6.18. The largest absolute Gasteiger partial charge is 0.493 e. The van der Waals surface area contributed by atoms with Crippen molar-refractivity contribution in [1.29, 1.82) is 5.26 Å². The van der Waals surface area contributed by atoms with E-state index in [1.165, 1.54) is 25.3 Å². The Bertz CT molecular complexity index is 1250. The third-order valence-electron chi connectivity index (χ3n) is 5.08. The summed E-state index contributed by atoms with van der Waals surface area (Å²) in [5.74, 6) is 0.189. The van der Waals surface area contributed by atoms with Gasteiger partial charge >= 0.3 is 0 Å². The minimum absolute atomic E-state index is 0.0336. The van der Waals surface area contributed by atoms with Crippen LogP contribution in [-0.4, -0.2) is 13.0 Å². The molecule has 0 radical (unpaired) electrons. The summed E-state index contributed by atoms with van der Waals surface area (Å²) < 4.78 is 25.2. The Balaban J connectivity index is 1.83. The Morgan fingerprint density at radius 2 is 1.91 bits per heavy atom. The summed E-state index contributed by atoms with van der Waals surface area (Å²) in [5.41, 5.74) is 4.06. The molecule has 33 heavy (non-hydrogen) atoms. The number of aryl methyl sites for hydroxylation is 1. The molecule has 0 saturated carbocycles. The lowest BCUT2D eigenvalue weighted by Crippen LogP contribution is -2.14. The highest BCUT2D eigenvalue weighted by Crippen LogP contribution is 2.35. The third-order valence-corrected chi connectivity index (χ3v) is 5.88. The second kappa shape index (κ2) is 11.0. The molecule has 1 amide bonds. The van der Waals surface area contributed by atoms with Gasteiger partial charge in [-0.15, -0.1) is 0 Å². The van der Waals surface area contributed by atoms with Crippen LogP contribution in [0.1, 0.15) is 22.3 Å². The van der Waals surface area contributed by atoms with Crippen LogP contribution in [0.25, 0.3) is 6.08 Å². The molecule has 0 bridgehead atoms. The first kappa shape index (κ1) is 24.3. The van der Waals surface area contributed by atoms with Crippen molar-refractivity contribution in [2.75, 3.05) is 12.4 Å². The predicted molar refractivity (Wildman–Crippen MR) is 135 cm³/mol. The van der Waals surface area contributed by atoms with Crippen molar-refractivity contribution < 1.29 is 18.7 Å². The van der Waals surface area contributed by atoms with Crippen molar-refractivity contribution in [1.82, 2.24) is 0 Å². The fraction of sp³-hybridized carbons (Fsp3) is 0.154. The van der Waals surface area contributed by atoms with Crippen LogP contribution in [0.4, 0.5) is 10.1 Å². The molecule has 0 aromatic heterocycles. The van der Waals surface area contributed by atoms with Gasteiger partial charge in [0.2, 0.25) is 0 Å². The SMILES string of the molecule is COc1cc(/C=C(\C#N)C(=O)Nc2cccc(C)c2C)cc(I)c1OCc1ccc(F)cc1. The second-order valence-electron chi connectivity index (χ2n) is 7.32. The van der Waals surface area contributed by atoms with Crippen LogP contribution in [0.15, 0.2) is 60.2 Å². The average molecular weight is 556 g/mol. The number of anilines is 1. The van der Waals surface area contributed by atoms with Crippen molar-refractivity contribution in [2.24, 2.45) is 0 Å². The number of halogens is 2. The number of nitrogens with one attached hydrogen (secondary N) is 1. The molecule has 0 aliphatic rings. The van der Waals surface area contributed by atoms with Gasteiger partial charge in [-0.05, 0) is 95.1 Å². The van der Waals surface area contributed by atoms with E-state index in [0.29, 0.717) is 22.7 Å². The summed E-state index contributed by atoms with van der Waals surface area (Å²) in [4.78, 5) is 12.7. The van der Waals surface area contributed by atoms with Gasteiger partial charge in [-0.1, -0.05) is 24.3 Å². The zero-order valence-electron chi connectivity index (χ0n) is 18.4. The van der Waals surface area contributed by atoms with Gasteiger partial charge in [-0.25, -0.2) is 4.39 Å².